The van der Waals surface area contributed by atoms with E-state index in [0.717, 1.165) is 12.4 Å². The second kappa shape index (κ2) is 2.55. The quantitative estimate of drug-likeness (QED) is 0.529. The fourth-order valence-electron chi connectivity index (χ4n) is 0.543. The standard InChI is InChI=1S/C4H9NOS/c5-3-4-6-1-2-7-4/h4H,1-3,5H2/t4-/m1/s1. The first-order valence-corrected chi connectivity index (χ1v) is 3.41. The molecule has 7 heavy (non-hydrogen) atoms. The van der Waals surface area contributed by atoms with Crippen molar-refractivity contribution in [3.05, 3.63) is 0 Å². The van der Waals surface area contributed by atoms with Crippen LogP contribution in [0.1, 0.15) is 0 Å². The first-order valence-electron chi connectivity index (χ1n) is 2.37. The van der Waals surface area contributed by atoms with Crippen LogP contribution in [-0.2, 0) is 4.74 Å². The van der Waals surface area contributed by atoms with E-state index in [0.29, 0.717) is 12.0 Å². The van der Waals surface area contributed by atoms with Crippen molar-refractivity contribution in [2.45, 2.75) is 5.44 Å². The van der Waals surface area contributed by atoms with Gasteiger partial charge >= 0.3 is 0 Å². The number of hydrogen-bond acceptors (Lipinski definition) is 3. The summed E-state index contributed by atoms with van der Waals surface area (Å²) in [4.78, 5) is 0. The minimum absolute atomic E-state index is 0.292. The number of ether oxygens (including phenoxy) is 1. The van der Waals surface area contributed by atoms with Crippen molar-refractivity contribution < 1.29 is 4.74 Å². The van der Waals surface area contributed by atoms with E-state index in [4.69, 9.17) is 10.5 Å². The van der Waals surface area contributed by atoms with Gasteiger partial charge in [-0.15, -0.1) is 11.8 Å². The summed E-state index contributed by atoms with van der Waals surface area (Å²) < 4.78 is 5.14. The molecule has 0 amide bonds. The highest BCUT2D eigenvalue weighted by molar-refractivity contribution is 8.00. The summed E-state index contributed by atoms with van der Waals surface area (Å²) in [7, 11) is 0. The second-order valence-corrected chi connectivity index (χ2v) is 2.67. The van der Waals surface area contributed by atoms with E-state index >= 15 is 0 Å². The minimum atomic E-state index is 0.292. The fourth-order valence-corrected chi connectivity index (χ4v) is 1.33. The topological polar surface area (TPSA) is 35.2 Å². The van der Waals surface area contributed by atoms with Crippen LogP contribution in [0.5, 0.6) is 0 Å². The Labute approximate surface area is 47.4 Å². The van der Waals surface area contributed by atoms with E-state index in [-0.39, 0.29) is 0 Å². The van der Waals surface area contributed by atoms with Crippen LogP contribution in [0.3, 0.4) is 0 Å². The van der Waals surface area contributed by atoms with Gasteiger partial charge in [-0.2, -0.15) is 0 Å². The molecule has 0 aromatic heterocycles. The Morgan fingerprint density at radius 3 is 3.00 bits per heavy atom. The molecule has 1 saturated heterocycles. The zero-order valence-electron chi connectivity index (χ0n) is 4.09. The third-order valence-corrected chi connectivity index (χ3v) is 1.99. The molecule has 0 bridgehead atoms. The van der Waals surface area contributed by atoms with Crippen molar-refractivity contribution >= 4 is 11.8 Å². The average molecular weight is 119 g/mol. The molecule has 0 aliphatic carbocycles. The van der Waals surface area contributed by atoms with E-state index < -0.39 is 0 Å². The maximum absolute atomic E-state index is 5.29. The SMILES string of the molecule is NC[C@@H]1OCCS1. The van der Waals surface area contributed by atoms with Crippen LogP contribution >= 0.6 is 11.8 Å². The number of thioether (sulfide) groups is 1. The van der Waals surface area contributed by atoms with E-state index in [2.05, 4.69) is 0 Å². The molecule has 42 valence electrons. The summed E-state index contributed by atoms with van der Waals surface area (Å²) in [6, 6.07) is 0. The third kappa shape index (κ3) is 1.33. The van der Waals surface area contributed by atoms with Crippen molar-refractivity contribution in [1.82, 2.24) is 0 Å². The van der Waals surface area contributed by atoms with Gasteiger partial charge in [0.05, 0.1) is 6.61 Å². The van der Waals surface area contributed by atoms with Gasteiger partial charge in [0.15, 0.2) is 0 Å². The number of nitrogens with two attached hydrogens (primary N) is 1. The van der Waals surface area contributed by atoms with Crippen LogP contribution in [-0.4, -0.2) is 24.3 Å². The van der Waals surface area contributed by atoms with E-state index in [1.807, 2.05) is 0 Å². The highest BCUT2D eigenvalue weighted by atomic mass is 32.2. The van der Waals surface area contributed by atoms with Gasteiger partial charge < -0.3 is 10.5 Å². The number of hydrogen-bond donors (Lipinski definition) is 1. The average Bonchev–Trinajstić information content (AvgIpc) is 2.14. The molecule has 2 N–H and O–H groups in total. The van der Waals surface area contributed by atoms with Crippen LogP contribution < -0.4 is 5.73 Å². The highest BCUT2D eigenvalue weighted by Gasteiger charge is 2.12. The molecule has 3 heteroatoms. The van der Waals surface area contributed by atoms with Gasteiger partial charge in [0.25, 0.3) is 0 Å². The lowest BCUT2D eigenvalue weighted by molar-refractivity contribution is 0.149. The molecule has 1 rings (SSSR count). The predicted molar refractivity (Wildman–Crippen MR) is 31.3 cm³/mol. The molecule has 1 aliphatic heterocycles. The van der Waals surface area contributed by atoms with Crippen LogP contribution in [0.15, 0.2) is 0 Å². The molecule has 0 aromatic rings. The molecule has 0 spiro atoms. The normalized spacial score (nSPS) is 31.3. The zero-order chi connectivity index (χ0) is 5.11. The first kappa shape index (κ1) is 5.41. The molecule has 2 nitrogen and oxygen atoms in total. The van der Waals surface area contributed by atoms with E-state index in [9.17, 15) is 0 Å². The summed E-state index contributed by atoms with van der Waals surface area (Å²) in [5.74, 6) is 1.11. The van der Waals surface area contributed by atoms with Gasteiger partial charge in [-0.05, 0) is 0 Å². The van der Waals surface area contributed by atoms with Crippen molar-refractivity contribution in [2.75, 3.05) is 18.9 Å². The fraction of sp³-hybridized carbons (Fsp3) is 1.00. The molecule has 0 aromatic carbocycles. The molecule has 1 heterocycles. The molecule has 0 saturated carbocycles. The van der Waals surface area contributed by atoms with Crippen LogP contribution in [0.2, 0.25) is 0 Å². The van der Waals surface area contributed by atoms with Crippen LogP contribution in [0.25, 0.3) is 0 Å². The van der Waals surface area contributed by atoms with Gasteiger partial charge in [-0.25, -0.2) is 0 Å². The third-order valence-electron chi connectivity index (χ3n) is 0.883. The predicted octanol–water partition coefficient (Wildman–Crippen LogP) is 0.0346. The van der Waals surface area contributed by atoms with Gasteiger partial charge in [0, 0.05) is 12.3 Å². The Morgan fingerprint density at radius 2 is 2.71 bits per heavy atom. The largest absolute Gasteiger partial charge is 0.365 e. The van der Waals surface area contributed by atoms with E-state index in [1.165, 1.54) is 0 Å². The van der Waals surface area contributed by atoms with Gasteiger partial charge in [0.1, 0.15) is 5.44 Å². The van der Waals surface area contributed by atoms with Gasteiger partial charge in [0.2, 0.25) is 0 Å². The lowest BCUT2D eigenvalue weighted by Gasteiger charge is -2.00. The second-order valence-electron chi connectivity index (χ2n) is 1.41. The van der Waals surface area contributed by atoms with E-state index in [1.54, 1.807) is 11.8 Å². The van der Waals surface area contributed by atoms with Gasteiger partial charge in [-0.3, -0.25) is 0 Å². The summed E-state index contributed by atoms with van der Waals surface area (Å²) in [6.07, 6.45) is 0. The number of rotatable bonds is 1. The molecular weight excluding hydrogens is 110 g/mol. The van der Waals surface area contributed by atoms with Crippen molar-refractivity contribution in [2.24, 2.45) is 5.73 Å². The minimum Gasteiger partial charge on any atom is -0.365 e. The summed E-state index contributed by atoms with van der Waals surface area (Å²) in [5, 5.41) is 0. The van der Waals surface area contributed by atoms with Crippen molar-refractivity contribution in [3.8, 4) is 0 Å². The van der Waals surface area contributed by atoms with Crippen LogP contribution in [0, 0.1) is 0 Å². The smallest absolute Gasteiger partial charge is 0.115 e. The molecule has 1 aliphatic rings. The summed E-state index contributed by atoms with van der Waals surface area (Å²) >= 11 is 1.80. The van der Waals surface area contributed by atoms with Gasteiger partial charge in [-0.1, -0.05) is 0 Å². The van der Waals surface area contributed by atoms with Crippen LogP contribution in [0.4, 0.5) is 0 Å². The molecule has 0 radical (unpaired) electrons. The summed E-state index contributed by atoms with van der Waals surface area (Å²) in [5.41, 5.74) is 5.58. The zero-order valence-corrected chi connectivity index (χ0v) is 4.91. The summed E-state index contributed by atoms with van der Waals surface area (Å²) in [6.45, 7) is 1.54. The lowest BCUT2D eigenvalue weighted by atomic mass is 10.7. The molecule has 1 fully saturated rings. The molecule has 1 atom stereocenters. The Balaban J connectivity index is 2.14. The lowest BCUT2D eigenvalue weighted by Crippen LogP contribution is -2.15. The molecule has 0 unspecified atom stereocenters. The Kier molecular flexibility index (Phi) is 1.97. The first-order chi connectivity index (χ1) is 3.43. The molecular formula is C4H9NOS. The van der Waals surface area contributed by atoms with Crippen molar-refractivity contribution in [1.29, 1.82) is 0 Å². The maximum Gasteiger partial charge on any atom is 0.115 e. The monoisotopic (exact) mass is 119 g/mol. The Bertz CT molecular complexity index is 53.7. The maximum atomic E-state index is 5.29. The Morgan fingerprint density at radius 1 is 1.86 bits per heavy atom. The van der Waals surface area contributed by atoms with Crippen molar-refractivity contribution in [3.63, 3.8) is 0 Å². The Hall–Kier alpha value is 0.270. The highest BCUT2D eigenvalue weighted by Crippen LogP contribution is 2.17.